The van der Waals surface area contributed by atoms with E-state index < -0.39 is 0 Å². The van der Waals surface area contributed by atoms with Crippen molar-refractivity contribution in [2.75, 3.05) is 13.9 Å². The molecule has 0 atom stereocenters. The van der Waals surface area contributed by atoms with Gasteiger partial charge in [0.2, 0.25) is 11.9 Å². The normalized spacial score (nSPS) is 12.4. The fraction of sp³-hybridized carbons (Fsp3) is 0.188. The molecular formula is C16H14N4O3S. The number of rotatable bonds is 5. The molecule has 0 radical (unpaired) electrons. The minimum Gasteiger partial charge on any atom is -0.494 e. The average molecular weight is 342 g/mol. The van der Waals surface area contributed by atoms with Crippen molar-refractivity contribution in [1.29, 1.82) is 0 Å². The van der Waals surface area contributed by atoms with E-state index in [0.717, 1.165) is 28.5 Å². The average Bonchev–Trinajstić information content (AvgIpc) is 3.28. The number of hydrogen-bond acceptors (Lipinski definition) is 7. The standard InChI is InChI=1S/C16H14N4O3S/c1-21-13-5-3-2-4-12(13)20-16(17-18-19-20)24-9-11-6-7-14-15(8-11)23-10-22-14/h2-8H,9-10H2,1H3. The van der Waals surface area contributed by atoms with Gasteiger partial charge in [0, 0.05) is 5.75 Å². The molecule has 0 aliphatic carbocycles. The lowest BCUT2D eigenvalue weighted by Crippen LogP contribution is -2.01. The van der Waals surface area contributed by atoms with E-state index in [-0.39, 0.29) is 6.79 Å². The molecule has 4 rings (SSSR count). The molecule has 0 saturated heterocycles. The quantitative estimate of drug-likeness (QED) is 0.660. The Morgan fingerprint density at radius 2 is 2.04 bits per heavy atom. The minimum absolute atomic E-state index is 0.276. The number of nitrogens with zero attached hydrogens (tertiary/aromatic N) is 4. The second-order valence-corrected chi connectivity index (χ2v) is 5.96. The van der Waals surface area contributed by atoms with E-state index in [0.29, 0.717) is 10.9 Å². The van der Waals surface area contributed by atoms with E-state index in [4.69, 9.17) is 14.2 Å². The summed E-state index contributed by atoms with van der Waals surface area (Å²) in [4.78, 5) is 0. The van der Waals surface area contributed by atoms with Gasteiger partial charge in [-0.05, 0) is 40.3 Å². The lowest BCUT2D eigenvalue weighted by molar-refractivity contribution is 0.174. The highest BCUT2D eigenvalue weighted by Crippen LogP contribution is 2.34. The molecule has 0 amide bonds. The van der Waals surface area contributed by atoms with E-state index in [2.05, 4.69) is 15.5 Å². The summed E-state index contributed by atoms with van der Waals surface area (Å²) in [6.07, 6.45) is 0. The van der Waals surface area contributed by atoms with Gasteiger partial charge in [-0.15, -0.1) is 5.10 Å². The molecule has 2 heterocycles. The van der Waals surface area contributed by atoms with E-state index in [9.17, 15) is 0 Å². The number of fused-ring (bicyclic) bond motifs is 1. The summed E-state index contributed by atoms with van der Waals surface area (Å²) in [6, 6.07) is 13.5. The summed E-state index contributed by atoms with van der Waals surface area (Å²) < 4.78 is 17.8. The van der Waals surface area contributed by atoms with Crippen LogP contribution in [0, 0.1) is 0 Å². The maximum atomic E-state index is 5.41. The number of aromatic nitrogens is 4. The molecule has 0 unspecified atom stereocenters. The second-order valence-electron chi connectivity index (χ2n) is 5.02. The summed E-state index contributed by atoms with van der Waals surface area (Å²) in [5, 5.41) is 12.7. The number of methoxy groups -OCH3 is 1. The summed E-state index contributed by atoms with van der Waals surface area (Å²) in [5.41, 5.74) is 1.91. The van der Waals surface area contributed by atoms with Crippen molar-refractivity contribution < 1.29 is 14.2 Å². The van der Waals surface area contributed by atoms with Crippen molar-refractivity contribution in [2.45, 2.75) is 10.9 Å². The third-order valence-corrected chi connectivity index (χ3v) is 4.55. The van der Waals surface area contributed by atoms with Gasteiger partial charge in [0.05, 0.1) is 7.11 Å². The number of tetrazole rings is 1. The van der Waals surface area contributed by atoms with E-state index in [1.807, 2.05) is 42.5 Å². The van der Waals surface area contributed by atoms with Crippen LogP contribution in [0.1, 0.15) is 5.56 Å². The maximum Gasteiger partial charge on any atom is 0.231 e. The maximum absolute atomic E-state index is 5.41. The Morgan fingerprint density at radius 1 is 1.17 bits per heavy atom. The van der Waals surface area contributed by atoms with Crippen molar-refractivity contribution in [2.24, 2.45) is 0 Å². The van der Waals surface area contributed by atoms with E-state index >= 15 is 0 Å². The van der Waals surface area contributed by atoms with Crippen molar-refractivity contribution in [3.05, 3.63) is 48.0 Å². The molecule has 0 saturated carbocycles. The van der Waals surface area contributed by atoms with Crippen LogP contribution < -0.4 is 14.2 Å². The number of para-hydroxylation sites is 2. The van der Waals surface area contributed by atoms with Gasteiger partial charge in [-0.1, -0.05) is 30.0 Å². The Bertz CT molecular complexity index is 868. The zero-order chi connectivity index (χ0) is 16.4. The summed E-state index contributed by atoms with van der Waals surface area (Å²) in [6.45, 7) is 0.276. The topological polar surface area (TPSA) is 71.3 Å². The highest BCUT2D eigenvalue weighted by atomic mass is 32.2. The molecule has 1 aliphatic rings. The zero-order valence-corrected chi connectivity index (χ0v) is 13.7. The van der Waals surface area contributed by atoms with Gasteiger partial charge in [-0.25, -0.2) is 0 Å². The smallest absolute Gasteiger partial charge is 0.231 e. The zero-order valence-electron chi connectivity index (χ0n) is 12.9. The third kappa shape index (κ3) is 2.76. The Balaban J connectivity index is 1.55. The van der Waals surface area contributed by atoms with Crippen LogP contribution in [-0.2, 0) is 5.75 Å². The van der Waals surface area contributed by atoms with Crippen molar-refractivity contribution >= 4 is 11.8 Å². The molecule has 122 valence electrons. The number of thioether (sulfide) groups is 1. The van der Waals surface area contributed by atoms with Crippen LogP contribution in [0.5, 0.6) is 17.2 Å². The van der Waals surface area contributed by atoms with E-state index in [1.165, 1.54) is 0 Å². The molecular weight excluding hydrogens is 328 g/mol. The van der Waals surface area contributed by atoms with Crippen molar-refractivity contribution in [3.63, 3.8) is 0 Å². The Labute approximate surface area is 142 Å². The molecule has 0 fully saturated rings. The first-order chi connectivity index (χ1) is 11.8. The summed E-state index contributed by atoms with van der Waals surface area (Å²) >= 11 is 1.54. The minimum atomic E-state index is 0.276. The highest BCUT2D eigenvalue weighted by molar-refractivity contribution is 7.98. The molecule has 24 heavy (non-hydrogen) atoms. The van der Waals surface area contributed by atoms with Crippen molar-refractivity contribution in [1.82, 2.24) is 20.2 Å². The molecule has 1 aliphatic heterocycles. The number of hydrogen-bond donors (Lipinski definition) is 0. The van der Waals surface area contributed by atoms with Crippen LogP contribution >= 0.6 is 11.8 Å². The largest absolute Gasteiger partial charge is 0.494 e. The van der Waals surface area contributed by atoms with Crippen LogP contribution in [-0.4, -0.2) is 34.1 Å². The van der Waals surface area contributed by atoms with Gasteiger partial charge < -0.3 is 14.2 Å². The first-order valence-electron chi connectivity index (χ1n) is 7.28. The molecule has 7 nitrogen and oxygen atoms in total. The SMILES string of the molecule is COc1ccccc1-n1nnnc1SCc1ccc2c(c1)OCO2. The third-order valence-electron chi connectivity index (χ3n) is 3.56. The fourth-order valence-corrected chi connectivity index (χ4v) is 3.23. The molecule has 2 aromatic carbocycles. The summed E-state index contributed by atoms with van der Waals surface area (Å²) in [5.74, 6) is 2.99. The molecule has 0 spiro atoms. The molecule has 1 aromatic heterocycles. The van der Waals surface area contributed by atoms with Crippen LogP contribution in [0.25, 0.3) is 5.69 Å². The Morgan fingerprint density at radius 3 is 2.96 bits per heavy atom. The van der Waals surface area contributed by atoms with E-state index in [1.54, 1.807) is 23.6 Å². The number of ether oxygens (including phenoxy) is 3. The lowest BCUT2D eigenvalue weighted by atomic mass is 10.2. The van der Waals surface area contributed by atoms with Gasteiger partial charge in [0.15, 0.2) is 11.5 Å². The molecule has 3 aromatic rings. The molecule has 8 heteroatoms. The number of benzene rings is 2. The fourth-order valence-electron chi connectivity index (χ4n) is 2.40. The van der Waals surface area contributed by atoms with Gasteiger partial charge >= 0.3 is 0 Å². The van der Waals surface area contributed by atoms with Crippen LogP contribution in [0.2, 0.25) is 0 Å². The molecule has 0 N–H and O–H groups in total. The Kier molecular flexibility index (Phi) is 3.96. The lowest BCUT2D eigenvalue weighted by Gasteiger charge is -2.09. The van der Waals surface area contributed by atoms with Crippen LogP contribution in [0.4, 0.5) is 0 Å². The van der Waals surface area contributed by atoms with Crippen LogP contribution in [0.3, 0.4) is 0 Å². The van der Waals surface area contributed by atoms with Gasteiger partial charge in [-0.3, -0.25) is 0 Å². The Hall–Kier alpha value is -2.74. The van der Waals surface area contributed by atoms with Gasteiger partial charge in [-0.2, -0.15) is 4.68 Å². The predicted molar refractivity (Wildman–Crippen MR) is 87.8 cm³/mol. The monoisotopic (exact) mass is 342 g/mol. The van der Waals surface area contributed by atoms with Crippen LogP contribution in [0.15, 0.2) is 47.6 Å². The first kappa shape index (κ1) is 14.8. The van der Waals surface area contributed by atoms with Gasteiger partial charge in [0.1, 0.15) is 11.4 Å². The molecule has 0 bridgehead atoms. The predicted octanol–water partition coefficient (Wildman–Crippen LogP) is 2.69. The van der Waals surface area contributed by atoms with Crippen molar-refractivity contribution in [3.8, 4) is 22.9 Å². The van der Waals surface area contributed by atoms with Gasteiger partial charge in [0.25, 0.3) is 0 Å². The highest BCUT2D eigenvalue weighted by Gasteiger charge is 2.15. The summed E-state index contributed by atoms with van der Waals surface area (Å²) in [7, 11) is 1.63. The second kappa shape index (κ2) is 6.40. The first-order valence-corrected chi connectivity index (χ1v) is 8.27.